The van der Waals surface area contributed by atoms with Crippen LogP contribution in [-0.4, -0.2) is 39.8 Å². The zero-order chi connectivity index (χ0) is 21.7. The van der Waals surface area contributed by atoms with Gasteiger partial charge in [-0.15, -0.1) is 0 Å². The molecular formula is C22H24BrN3O3S. The smallest absolute Gasteiger partial charge is 0.262 e. The minimum Gasteiger partial charge on any atom is -0.494 e. The molecule has 3 rings (SSSR count). The van der Waals surface area contributed by atoms with Gasteiger partial charge in [-0.05, 0) is 49.7 Å². The molecule has 1 aromatic heterocycles. The second-order valence-electron chi connectivity index (χ2n) is 6.72. The maximum Gasteiger partial charge on any atom is 0.262 e. The van der Waals surface area contributed by atoms with Crippen LogP contribution in [0.3, 0.4) is 0 Å². The van der Waals surface area contributed by atoms with Crippen LogP contribution in [-0.2, 0) is 17.9 Å². The Balaban J connectivity index is 1.69. The fourth-order valence-corrected chi connectivity index (χ4v) is 4.38. The van der Waals surface area contributed by atoms with E-state index in [9.17, 15) is 9.59 Å². The van der Waals surface area contributed by atoms with Crippen molar-refractivity contribution in [2.24, 2.45) is 0 Å². The van der Waals surface area contributed by atoms with Gasteiger partial charge < -0.3 is 9.64 Å². The van der Waals surface area contributed by atoms with E-state index in [0.717, 1.165) is 15.8 Å². The highest BCUT2D eigenvalue weighted by molar-refractivity contribution is 9.10. The molecule has 158 valence electrons. The standard InChI is InChI=1S/C22H24BrN3O3S/c1-4-26-21(28)18-12-16(23)8-11-19(18)24-22(26)30-14-20(27)25(3)13-15-6-9-17(10-7-15)29-5-2/h6-12H,4-5,13-14H2,1-3H3. The molecule has 0 aliphatic rings. The molecule has 3 aromatic rings. The first-order valence-electron chi connectivity index (χ1n) is 9.71. The van der Waals surface area contributed by atoms with Gasteiger partial charge in [-0.1, -0.05) is 39.8 Å². The molecule has 6 nitrogen and oxygen atoms in total. The Hall–Kier alpha value is -2.32. The molecule has 0 bridgehead atoms. The van der Waals surface area contributed by atoms with E-state index < -0.39 is 0 Å². The van der Waals surface area contributed by atoms with Crippen LogP contribution in [0.4, 0.5) is 0 Å². The molecule has 1 amide bonds. The number of hydrogen-bond acceptors (Lipinski definition) is 5. The fourth-order valence-electron chi connectivity index (χ4n) is 3.02. The lowest BCUT2D eigenvalue weighted by Crippen LogP contribution is -2.28. The van der Waals surface area contributed by atoms with E-state index in [4.69, 9.17) is 4.74 Å². The summed E-state index contributed by atoms with van der Waals surface area (Å²) in [6, 6.07) is 13.2. The lowest BCUT2D eigenvalue weighted by atomic mass is 10.2. The van der Waals surface area contributed by atoms with Gasteiger partial charge in [0.15, 0.2) is 5.16 Å². The number of rotatable bonds is 8. The number of hydrogen-bond donors (Lipinski definition) is 0. The number of benzene rings is 2. The summed E-state index contributed by atoms with van der Waals surface area (Å²) in [5.41, 5.74) is 1.56. The number of carbonyl (C=O) groups is 1. The predicted molar refractivity (Wildman–Crippen MR) is 124 cm³/mol. The number of halogens is 1. The van der Waals surface area contributed by atoms with Crippen LogP contribution in [0, 0.1) is 0 Å². The van der Waals surface area contributed by atoms with Crippen LogP contribution in [0.15, 0.2) is 56.9 Å². The minimum atomic E-state index is -0.0958. The highest BCUT2D eigenvalue weighted by Gasteiger charge is 2.15. The molecule has 0 saturated carbocycles. The van der Waals surface area contributed by atoms with Gasteiger partial charge in [0.2, 0.25) is 5.91 Å². The fraction of sp³-hybridized carbons (Fsp3) is 0.318. The highest BCUT2D eigenvalue weighted by atomic mass is 79.9. The van der Waals surface area contributed by atoms with Crippen LogP contribution in [0.25, 0.3) is 10.9 Å². The molecule has 0 atom stereocenters. The van der Waals surface area contributed by atoms with Gasteiger partial charge in [0.1, 0.15) is 5.75 Å². The third-order valence-corrected chi connectivity index (χ3v) is 6.06. The van der Waals surface area contributed by atoms with Crippen molar-refractivity contribution >= 4 is 44.5 Å². The summed E-state index contributed by atoms with van der Waals surface area (Å²) in [6.45, 7) is 5.46. The zero-order valence-electron chi connectivity index (χ0n) is 17.2. The third kappa shape index (κ3) is 5.23. The summed E-state index contributed by atoms with van der Waals surface area (Å²) >= 11 is 4.69. The topological polar surface area (TPSA) is 64.4 Å². The third-order valence-electron chi connectivity index (χ3n) is 4.60. The Bertz CT molecular complexity index is 1100. The van der Waals surface area contributed by atoms with E-state index in [1.165, 1.54) is 11.8 Å². The van der Waals surface area contributed by atoms with E-state index in [1.807, 2.05) is 50.2 Å². The van der Waals surface area contributed by atoms with E-state index in [1.54, 1.807) is 22.6 Å². The molecule has 2 aromatic carbocycles. The van der Waals surface area contributed by atoms with Gasteiger partial charge in [-0.3, -0.25) is 14.2 Å². The number of nitrogens with zero attached hydrogens (tertiary/aromatic N) is 3. The van der Waals surface area contributed by atoms with Gasteiger partial charge in [0.25, 0.3) is 5.56 Å². The maximum absolute atomic E-state index is 12.8. The van der Waals surface area contributed by atoms with Crippen LogP contribution in [0.2, 0.25) is 0 Å². The number of aromatic nitrogens is 2. The van der Waals surface area contributed by atoms with E-state index in [-0.39, 0.29) is 17.2 Å². The van der Waals surface area contributed by atoms with Crippen molar-refractivity contribution in [3.8, 4) is 5.75 Å². The van der Waals surface area contributed by atoms with Crippen molar-refractivity contribution in [2.75, 3.05) is 19.4 Å². The first-order valence-corrected chi connectivity index (χ1v) is 11.5. The van der Waals surface area contributed by atoms with Crippen molar-refractivity contribution in [2.45, 2.75) is 32.1 Å². The average Bonchev–Trinajstić information content (AvgIpc) is 2.74. The molecule has 0 radical (unpaired) electrons. The Morgan fingerprint density at radius 1 is 1.20 bits per heavy atom. The summed E-state index contributed by atoms with van der Waals surface area (Å²) in [5.74, 6) is 1.00. The zero-order valence-corrected chi connectivity index (χ0v) is 19.6. The largest absolute Gasteiger partial charge is 0.494 e. The molecular weight excluding hydrogens is 466 g/mol. The second kappa shape index (κ2) is 10.1. The van der Waals surface area contributed by atoms with Gasteiger partial charge in [0, 0.05) is 24.6 Å². The van der Waals surface area contributed by atoms with Gasteiger partial charge >= 0.3 is 0 Å². The Kier molecular flexibility index (Phi) is 7.55. The van der Waals surface area contributed by atoms with E-state index in [0.29, 0.717) is 35.8 Å². The number of fused-ring (bicyclic) bond motifs is 1. The number of thioether (sulfide) groups is 1. The van der Waals surface area contributed by atoms with Crippen LogP contribution >= 0.6 is 27.7 Å². The summed E-state index contributed by atoms with van der Waals surface area (Å²) in [6.07, 6.45) is 0. The molecule has 8 heteroatoms. The Labute approximate surface area is 188 Å². The summed E-state index contributed by atoms with van der Waals surface area (Å²) in [5, 5.41) is 1.12. The lowest BCUT2D eigenvalue weighted by molar-refractivity contribution is -0.127. The molecule has 30 heavy (non-hydrogen) atoms. The average molecular weight is 490 g/mol. The summed E-state index contributed by atoms with van der Waals surface area (Å²) in [7, 11) is 1.78. The van der Waals surface area contributed by atoms with E-state index in [2.05, 4.69) is 20.9 Å². The van der Waals surface area contributed by atoms with Crippen molar-refractivity contribution in [3.63, 3.8) is 0 Å². The maximum atomic E-state index is 12.8. The SMILES string of the molecule is CCOc1ccc(CN(C)C(=O)CSc2nc3ccc(Br)cc3c(=O)n2CC)cc1. The van der Waals surface area contributed by atoms with Crippen LogP contribution in [0.5, 0.6) is 5.75 Å². The van der Waals surface area contributed by atoms with E-state index >= 15 is 0 Å². The molecule has 0 unspecified atom stereocenters. The van der Waals surface area contributed by atoms with Crippen molar-refractivity contribution < 1.29 is 9.53 Å². The van der Waals surface area contributed by atoms with Gasteiger partial charge in [0.05, 0.1) is 23.3 Å². The number of ether oxygens (including phenoxy) is 1. The molecule has 1 heterocycles. The first-order chi connectivity index (χ1) is 14.4. The normalized spacial score (nSPS) is 10.9. The quantitative estimate of drug-likeness (QED) is 0.348. The van der Waals surface area contributed by atoms with Crippen LogP contribution < -0.4 is 10.3 Å². The highest BCUT2D eigenvalue weighted by Crippen LogP contribution is 2.21. The molecule has 0 spiro atoms. The number of amides is 1. The molecule has 0 aliphatic carbocycles. The van der Waals surface area contributed by atoms with Crippen molar-refractivity contribution in [3.05, 3.63) is 62.9 Å². The second-order valence-corrected chi connectivity index (χ2v) is 8.58. The van der Waals surface area contributed by atoms with Crippen LogP contribution in [0.1, 0.15) is 19.4 Å². The Morgan fingerprint density at radius 3 is 2.60 bits per heavy atom. The Morgan fingerprint density at radius 2 is 1.93 bits per heavy atom. The predicted octanol–water partition coefficient (Wildman–Crippen LogP) is 4.33. The monoisotopic (exact) mass is 489 g/mol. The van der Waals surface area contributed by atoms with Crippen molar-refractivity contribution in [1.82, 2.24) is 14.5 Å². The summed E-state index contributed by atoms with van der Waals surface area (Å²) < 4.78 is 7.89. The minimum absolute atomic E-state index is 0.0262. The van der Waals surface area contributed by atoms with Gasteiger partial charge in [-0.2, -0.15) is 0 Å². The van der Waals surface area contributed by atoms with Gasteiger partial charge in [-0.25, -0.2) is 4.98 Å². The van der Waals surface area contributed by atoms with Crippen molar-refractivity contribution in [1.29, 1.82) is 0 Å². The molecule has 0 N–H and O–H groups in total. The molecule has 0 saturated heterocycles. The lowest BCUT2D eigenvalue weighted by Gasteiger charge is -2.18. The summed E-state index contributed by atoms with van der Waals surface area (Å²) in [4.78, 5) is 31.7. The molecule has 0 fully saturated rings. The first kappa shape index (κ1) is 22.4. The number of carbonyl (C=O) groups excluding carboxylic acids is 1. The molecule has 0 aliphatic heterocycles.